The maximum Gasteiger partial charge on any atom is 0.241 e. The van der Waals surface area contributed by atoms with Gasteiger partial charge in [0.25, 0.3) is 0 Å². The molecule has 0 heterocycles. The number of hydrogen-bond acceptors (Lipinski definition) is 4. The van der Waals surface area contributed by atoms with Crippen molar-refractivity contribution < 1.29 is 17.9 Å². The zero-order valence-corrected chi connectivity index (χ0v) is 19.4. The Morgan fingerprint density at radius 2 is 1.72 bits per heavy atom. The molecule has 1 amide bonds. The Morgan fingerprint density at radius 3 is 2.38 bits per heavy atom. The van der Waals surface area contributed by atoms with Crippen LogP contribution >= 0.6 is 11.6 Å². The summed E-state index contributed by atoms with van der Waals surface area (Å²) in [5, 5.41) is 3.32. The molecular formula is C24H25ClN2O4S. The molecule has 3 aromatic rings. The molecule has 0 saturated carbocycles. The van der Waals surface area contributed by atoms with Gasteiger partial charge in [0.05, 0.1) is 12.0 Å². The molecule has 0 saturated heterocycles. The van der Waals surface area contributed by atoms with Gasteiger partial charge in [0.15, 0.2) is 0 Å². The second-order valence-electron chi connectivity index (χ2n) is 7.30. The normalized spacial score (nSPS) is 12.2. The number of halogens is 1. The Labute approximate surface area is 193 Å². The molecule has 0 bridgehead atoms. The average molecular weight is 473 g/mol. The zero-order chi connectivity index (χ0) is 23.1. The van der Waals surface area contributed by atoms with Gasteiger partial charge < -0.3 is 10.1 Å². The van der Waals surface area contributed by atoms with E-state index in [1.807, 2.05) is 36.4 Å². The van der Waals surface area contributed by atoms with Gasteiger partial charge in [-0.3, -0.25) is 4.79 Å². The number of aryl methyl sites for hydroxylation is 1. The van der Waals surface area contributed by atoms with E-state index in [4.69, 9.17) is 16.3 Å². The summed E-state index contributed by atoms with van der Waals surface area (Å²) in [5.41, 5.74) is 2.26. The second-order valence-corrected chi connectivity index (χ2v) is 9.43. The molecule has 1 atom stereocenters. The predicted molar refractivity (Wildman–Crippen MR) is 125 cm³/mol. The fraction of sp³-hybridized carbons (Fsp3) is 0.208. The lowest BCUT2D eigenvalue weighted by atomic mass is 10.1. The van der Waals surface area contributed by atoms with Crippen molar-refractivity contribution >= 4 is 27.5 Å². The maximum atomic E-state index is 13.1. The van der Waals surface area contributed by atoms with Crippen LogP contribution in [0.25, 0.3) is 0 Å². The third-order valence-electron chi connectivity index (χ3n) is 4.98. The van der Waals surface area contributed by atoms with Gasteiger partial charge in [0.1, 0.15) is 11.8 Å². The lowest BCUT2D eigenvalue weighted by Gasteiger charge is -2.19. The van der Waals surface area contributed by atoms with Crippen LogP contribution in [0.1, 0.15) is 16.7 Å². The molecule has 0 aliphatic rings. The Morgan fingerprint density at radius 1 is 1.03 bits per heavy atom. The van der Waals surface area contributed by atoms with E-state index in [2.05, 4.69) is 10.0 Å². The molecule has 8 heteroatoms. The first kappa shape index (κ1) is 23.8. The van der Waals surface area contributed by atoms with E-state index in [9.17, 15) is 13.2 Å². The topological polar surface area (TPSA) is 84.5 Å². The molecule has 168 valence electrons. The van der Waals surface area contributed by atoms with Gasteiger partial charge in [0.2, 0.25) is 15.9 Å². The Hall–Kier alpha value is -2.87. The van der Waals surface area contributed by atoms with Crippen molar-refractivity contribution in [1.29, 1.82) is 0 Å². The fourth-order valence-electron chi connectivity index (χ4n) is 3.26. The number of nitrogens with one attached hydrogen (secondary N) is 2. The van der Waals surface area contributed by atoms with Gasteiger partial charge in [-0.15, -0.1) is 0 Å². The molecule has 2 N–H and O–H groups in total. The largest absolute Gasteiger partial charge is 0.496 e. The lowest BCUT2D eigenvalue weighted by molar-refractivity contribution is -0.122. The number of carbonyl (C=O) groups excluding carboxylic acids is 1. The SMILES string of the molecule is COc1ccc(S(=O)(=O)NC(Cc2ccccc2)C(=O)NCc2ccccc2Cl)cc1C. The number of benzene rings is 3. The lowest BCUT2D eigenvalue weighted by Crippen LogP contribution is -2.47. The number of sulfonamides is 1. The van der Waals surface area contributed by atoms with Crippen molar-refractivity contribution in [2.24, 2.45) is 0 Å². The van der Waals surface area contributed by atoms with Crippen LogP contribution in [0.2, 0.25) is 5.02 Å². The minimum absolute atomic E-state index is 0.0627. The minimum atomic E-state index is -3.96. The number of hydrogen-bond donors (Lipinski definition) is 2. The summed E-state index contributed by atoms with van der Waals surface area (Å²) < 4.78 is 33.9. The molecule has 0 aliphatic heterocycles. The van der Waals surface area contributed by atoms with Gasteiger partial charge in [-0.25, -0.2) is 8.42 Å². The first-order valence-corrected chi connectivity index (χ1v) is 11.9. The smallest absolute Gasteiger partial charge is 0.241 e. The van der Waals surface area contributed by atoms with Crippen molar-refractivity contribution in [2.45, 2.75) is 30.8 Å². The van der Waals surface area contributed by atoms with Crippen LogP contribution in [0.3, 0.4) is 0 Å². The maximum absolute atomic E-state index is 13.1. The molecule has 0 fully saturated rings. The number of methoxy groups -OCH3 is 1. The zero-order valence-electron chi connectivity index (χ0n) is 17.8. The highest BCUT2D eigenvalue weighted by molar-refractivity contribution is 7.89. The highest BCUT2D eigenvalue weighted by atomic mass is 35.5. The molecule has 0 aliphatic carbocycles. The highest BCUT2D eigenvalue weighted by Crippen LogP contribution is 2.22. The number of rotatable bonds is 9. The van der Waals surface area contributed by atoms with E-state index >= 15 is 0 Å². The van der Waals surface area contributed by atoms with Crippen molar-refractivity contribution in [3.8, 4) is 5.75 Å². The molecule has 6 nitrogen and oxygen atoms in total. The highest BCUT2D eigenvalue weighted by Gasteiger charge is 2.26. The van der Waals surface area contributed by atoms with Crippen LogP contribution in [-0.2, 0) is 27.8 Å². The Balaban J connectivity index is 1.82. The van der Waals surface area contributed by atoms with Crippen molar-refractivity contribution in [2.75, 3.05) is 7.11 Å². The molecule has 3 aromatic carbocycles. The van der Waals surface area contributed by atoms with Gasteiger partial charge in [0, 0.05) is 11.6 Å². The molecule has 0 aromatic heterocycles. The molecule has 0 spiro atoms. The van der Waals surface area contributed by atoms with Crippen LogP contribution in [0.5, 0.6) is 5.75 Å². The van der Waals surface area contributed by atoms with Gasteiger partial charge >= 0.3 is 0 Å². The molecular weight excluding hydrogens is 448 g/mol. The van der Waals surface area contributed by atoms with Crippen LogP contribution in [0.15, 0.2) is 77.7 Å². The number of amides is 1. The summed E-state index contributed by atoms with van der Waals surface area (Å²) in [5.74, 6) is 0.143. The van der Waals surface area contributed by atoms with Gasteiger partial charge in [-0.1, -0.05) is 60.1 Å². The van der Waals surface area contributed by atoms with E-state index < -0.39 is 22.0 Å². The summed E-state index contributed by atoms with van der Waals surface area (Å²) in [6, 6.07) is 20.0. The molecule has 32 heavy (non-hydrogen) atoms. The van der Waals surface area contributed by atoms with Crippen molar-refractivity contribution in [3.63, 3.8) is 0 Å². The van der Waals surface area contributed by atoms with Crippen molar-refractivity contribution in [1.82, 2.24) is 10.0 Å². The molecule has 3 rings (SSSR count). The van der Waals surface area contributed by atoms with Gasteiger partial charge in [-0.2, -0.15) is 4.72 Å². The second kappa shape index (κ2) is 10.6. The van der Waals surface area contributed by atoms with Crippen LogP contribution < -0.4 is 14.8 Å². The fourth-order valence-corrected chi connectivity index (χ4v) is 4.74. The van der Waals surface area contributed by atoms with E-state index in [-0.39, 0.29) is 17.9 Å². The van der Waals surface area contributed by atoms with E-state index in [1.54, 1.807) is 31.2 Å². The monoisotopic (exact) mass is 472 g/mol. The van der Waals surface area contributed by atoms with E-state index in [1.165, 1.54) is 19.2 Å². The third-order valence-corrected chi connectivity index (χ3v) is 6.82. The summed E-state index contributed by atoms with van der Waals surface area (Å²) in [6.45, 7) is 1.95. The van der Waals surface area contributed by atoms with Crippen LogP contribution in [0, 0.1) is 6.92 Å². The predicted octanol–water partition coefficient (Wildman–Crippen LogP) is 3.86. The minimum Gasteiger partial charge on any atom is -0.496 e. The van der Waals surface area contributed by atoms with E-state index in [0.717, 1.165) is 11.1 Å². The molecule has 1 unspecified atom stereocenters. The summed E-state index contributed by atoms with van der Waals surface area (Å²) in [4.78, 5) is 13.1. The number of ether oxygens (including phenoxy) is 1. The standard InChI is InChI=1S/C24H25ClN2O4S/c1-17-14-20(12-13-23(17)31-2)32(29,30)27-22(15-18-8-4-3-5-9-18)24(28)26-16-19-10-6-7-11-21(19)25/h3-14,22,27H,15-16H2,1-2H3,(H,26,28). The third kappa shape index (κ3) is 6.09. The summed E-state index contributed by atoms with van der Waals surface area (Å²) in [6.07, 6.45) is 0.198. The van der Waals surface area contributed by atoms with Crippen molar-refractivity contribution in [3.05, 3.63) is 94.5 Å². The first-order chi connectivity index (χ1) is 15.3. The summed E-state index contributed by atoms with van der Waals surface area (Å²) in [7, 11) is -2.43. The average Bonchev–Trinajstić information content (AvgIpc) is 2.78. The Bertz CT molecular complexity index is 1180. The Kier molecular flexibility index (Phi) is 7.90. The van der Waals surface area contributed by atoms with E-state index in [0.29, 0.717) is 16.3 Å². The number of carbonyl (C=O) groups is 1. The van der Waals surface area contributed by atoms with Gasteiger partial charge in [-0.05, 0) is 54.3 Å². The van der Waals surface area contributed by atoms with Crippen LogP contribution in [0.4, 0.5) is 0 Å². The van der Waals surface area contributed by atoms with Crippen LogP contribution in [-0.4, -0.2) is 27.5 Å². The summed E-state index contributed by atoms with van der Waals surface area (Å²) >= 11 is 6.17. The first-order valence-electron chi connectivity index (χ1n) is 10.0. The quantitative estimate of drug-likeness (QED) is 0.495. The molecule has 0 radical (unpaired) electrons.